The van der Waals surface area contributed by atoms with Gasteiger partial charge in [-0.05, 0) is 43.2 Å². The molecule has 0 fully saturated rings. The quantitative estimate of drug-likeness (QED) is 0.555. The number of nitrogens with one attached hydrogen (secondary N) is 1. The fourth-order valence-electron chi connectivity index (χ4n) is 3.23. The molecule has 0 bridgehead atoms. The summed E-state index contributed by atoms with van der Waals surface area (Å²) < 4.78 is 2.19. The number of carbonyl (C=O) groups is 1. The summed E-state index contributed by atoms with van der Waals surface area (Å²) in [6, 6.07) is 20.2. The first-order valence-electron chi connectivity index (χ1n) is 9.49. The second-order valence-corrected chi connectivity index (χ2v) is 7.03. The van der Waals surface area contributed by atoms with Crippen LogP contribution >= 0.6 is 0 Å². The minimum absolute atomic E-state index is 0.127. The third-order valence-corrected chi connectivity index (χ3v) is 4.74. The molecular weight excluding hydrogens is 346 g/mol. The van der Waals surface area contributed by atoms with Crippen LogP contribution in [0, 0.1) is 13.8 Å². The lowest BCUT2D eigenvalue weighted by Gasteiger charge is -2.23. The van der Waals surface area contributed by atoms with E-state index in [1.807, 2.05) is 37.3 Å². The van der Waals surface area contributed by atoms with Gasteiger partial charge in [0, 0.05) is 30.7 Å². The van der Waals surface area contributed by atoms with E-state index < -0.39 is 0 Å². The van der Waals surface area contributed by atoms with E-state index in [2.05, 4.69) is 59.9 Å². The molecule has 0 atom stereocenters. The summed E-state index contributed by atoms with van der Waals surface area (Å²) in [6.45, 7) is 9.67. The first-order valence-corrected chi connectivity index (χ1v) is 9.49. The molecule has 1 aromatic heterocycles. The number of para-hydroxylation sites is 1. The molecule has 2 aromatic carbocycles. The average Bonchev–Trinajstić information content (AvgIpc) is 3.10. The molecule has 0 aliphatic carbocycles. The predicted molar refractivity (Wildman–Crippen MR) is 116 cm³/mol. The molecule has 1 N–H and O–H groups in total. The normalized spacial score (nSPS) is 10.5. The predicted octanol–water partition coefficient (Wildman–Crippen LogP) is 5.37. The van der Waals surface area contributed by atoms with Gasteiger partial charge in [0.05, 0.1) is 6.54 Å². The van der Waals surface area contributed by atoms with Crippen LogP contribution in [0.1, 0.15) is 22.4 Å². The fourth-order valence-corrected chi connectivity index (χ4v) is 3.23. The zero-order valence-electron chi connectivity index (χ0n) is 16.6. The molecule has 0 saturated heterocycles. The lowest BCUT2D eigenvalue weighted by Crippen LogP contribution is -2.35. The van der Waals surface area contributed by atoms with Crippen LogP contribution in [0.3, 0.4) is 0 Å². The highest BCUT2D eigenvalue weighted by atomic mass is 16.2. The maximum Gasteiger partial charge on any atom is 0.322 e. The van der Waals surface area contributed by atoms with Gasteiger partial charge in [0.2, 0.25) is 0 Å². The second-order valence-electron chi connectivity index (χ2n) is 7.03. The van der Waals surface area contributed by atoms with Crippen molar-refractivity contribution in [2.75, 3.05) is 11.9 Å². The van der Waals surface area contributed by atoms with E-state index in [1.165, 1.54) is 11.1 Å². The molecule has 0 unspecified atom stereocenters. The minimum atomic E-state index is -0.127. The number of hydrogen-bond acceptors (Lipinski definition) is 1. The monoisotopic (exact) mass is 373 g/mol. The number of amides is 2. The molecular formula is C24H27N3O. The van der Waals surface area contributed by atoms with Crippen molar-refractivity contribution < 1.29 is 4.79 Å². The first kappa shape index (κ1) is 19.5. The highest BCUT2D eigenvalue weighted by Gasteiger charge is 2.15. The molecule has 4 heteroatoms. The third kappa shape index (κ3) is 4.92. The van der Waals surface area contributed by atoms with Crippen LogP contribution in [0.4, 0.5) is 10.5 Å². The zero-order valence-corrected chi connectivity index (χ0v) is 16.6. The Balaban J connectivity index is 1.74. The average molecular weight is 374 g/mol. The summed E-state index contributed by atoms with van der Waals surface area (Å²) in [4.78, 5) is 14.6. The SMILES string of the molecule is C=CCN(Cc1cccn1Cc1cccc(C)c1)C(=O)Nc1ccccc1C. The van der Waals surface area contributed by atoms with Crippen molar-refractivity contribution in [1.29, 1.82) is 0 Å². The van der Waals surface area contributed by atoms with E-state index in [0.29, 0.717) is 13.1 Å². The van der Waals surface area contributed by atoms with Gasteiger partial charge in [-0.2, -0.15) is 0 Å². The van der Waals surface area contributed by atoms with Crippen LogP contribution < -0.4 is 5.32 Å². The molecule has 0 saturated carbocycles. The summed E-state index contributed by atoms with van der Waals surface area (Å²) in [5, 5.41) is 3.01. The van der Waals surface area contributed by atoms with Crippen molar-refractivity contribution in [3.63, 3.8) is 0 Å². The van der Waals surface area contributed by atoms with Gasteiger partial charge in [-0.25, -0.2) is 4.79 Å². The Bertz CT molecular complexity index is 958. The molecule has 144 valence electrons. The lowest BCUT2D eigenvalue weighted by molar-refractivity contribution is 0.214. The molecule has 0 radical (unpaired) electrons. The molecule has 1 heterocycles. The molecule has 0 aliphatic heterocycles. The summed E-state index contributed by atoms with van der Waals surface area (Å²) in [5.74, 6) is 0. The lowest BCUT2D eigenvalue weighted by atomic mass is 10.1. The van der Waals surface area contributed by atoms with E-state index in [9.17, 15) is 4.79 Å². The van der Waals surface area contributed by atoms with Crippen molar-refractivity contribution in [3.8, 4) is 0 Å². The van der Waals surface area contributed by atoms with Crippen LogP contribution in [-0.4, -0.2) is 22.0 Å². The largest absolute Gasteiger partial charge is 0.345 e. The highest BCUT2D eigenvalue weighted by molar-refractivity contribution is 5.90. The Kier molecular flexibility index (Phi) is 6.33. The van der Waals surface area contributed by atoms with E-state index in [0.717, 1.165) is 23.5 Å². The van der Waals surface area contributed by atoms with E-state index in [1.54, 1.807) is 11.0 Å². The number of nitrogens with zero attached hydrogens (tertiary/aromatic N) is 2. The van der Waals surface area contributed by atoms with Gasteiger partial charge < -0.3 is 14.8 Å². The minimum Gasteiger partial charge on any atom is -0.345 e. The van der Waals surface area contributed by atoms with E-state index in [4.69, 9.17) is 0 Å². The number of benzene rings is 2. The summed E-state index contributed by atoms with van der Waals surface area (Å²) in [7, 11) is 0. The molecule has 2 amide bonds. The zero-order chi connectivity index (χ0) is 19.9. The van der Waals surface area contributed by atoms with Gasteiger partial charge in [-0.1, -0.05) is 54.1 Å². The molecule has 0 aliphatic rings. The molecule has 28 heavy (non-hydrogen) atoms. The van der Waals surface area contributed by atoms with E-state index >= 15 is 0 Å². The van der Waals surface area contributed by atoms with E-state index in [-0.39, 0.29) is 6.03 Å². The Morgan fingerprint density at radius 3 is 2.68 bits per heavy atom. The number of urea groups is 1. The maximum absolute atomic E-state index is 12.9. The van der Waals surface area contributed by atoms with Gasteiger partial charge in [0.25, 0.3) is 0 Å². The van der Waals surface area contributed by atoms with Crippen molar-refractivity contribution in [1.82, 2.24) is 9.47 Å². The van der Waals surface area contributed by atoms with Crippen LogP contribution in [-0.2, 0) is 13.1 Å². The standard InChI is InChI=1S/C24H27N3O/c1-4-14-27(24(28)25-23-13-6-5-10-20(23)3)18-22-12-8-15-26(22)17-21-11-7-9-19(2)16-21/h4-13,15-16H,1,14,17-18H2,2-3H3,(H,25,28). The van der Waals surface area contributed by atoms with Crippen LogP contribution in [0.5, 0.6) is 0 Å². The summed E-state index contributed by atoms with van der Waals surface area (Å²) in [6.07, 6.45) is 3.81. The second kappa shape index (κ2) is 9.09. The van der Waals surface area contributed by atoms with Crippen LogP contribution in [0.15, 0.2) is 79.5 Å². The van der Waals surface area contributed by atoms with Crippen molar-refractivity contribution in [2.24, 2.45) is 0 Å². The topological polar surface area (TPSA) is 37.3 Å². The Morgan fingerprint density at radius 1 is 1.11 bits per heavy atom. The number of rotatable bonds is 7. The number of hydrogen-bond donors (Lipinski definition) is 1. The number of carbonyl (C=O) groups excluding carboxylic acids is 1. The van der Waals surface area contributed by atoms with Crippen LogP contribution in [0.2, 0.25) is 0 Å². The van der Waals surface area contributed by atoms with Gasteiger partial charge in [0.1, 0.15) is 0 Å². The summed E-state index contributed by atoms with van der Waals surface area (Å²) >= 11 is 0. The molecule has 0 spiro atoms. The Labute approximate surface area is 167 Å². The molecule has 4 nitrogen and oxygen atoms in total. The number of anilines is 1. The van der Waals surface area contributed by atoms with Crippen LogP contribution in [0.25, 0.3) is 0 Å². The number of aryl methyl sites for hydroxylation is 2. The number of aromatic nitrogens is 1. The summed E-state index contributed by atoms with van der Waals surface area (Å²) in [5.41, 5.74) is 5.45. The smallest absolute Gasteiger partial charge is 0.322 e. The molecule has 3 aromatic rings. The van der Waals surface area contributed by atoms with Gasteiger partial charge in [-0.15, -0.1) is 6.58 Å². The van der Waals surface area contributed by atoms with Crippen molar-refractivity contribution in [3.05, 3.63) is 102 Å². The van der Waals surface area contributed by atoms with Gasteiger partial charge >= 0.3 is 6.03 Å². The fraction of sp³-hybridized carbons (Fsp3) is 0.208. The Morgan fingerprint density at radius 2 is 1.93 bits per heavy atom. The van der Waals surface area contributed by atoms with Gasteiger partial charge in [-0.3, -0.25) is 0 Å². The van der Waals surface area contributed by atoms with Crippen molar-refractivity contribution in [2.45, 2.75) is 26.9 Å². The highest BCUT2D eigenvalue weighted by Crippen LogP contribution is 2.16. The maximum atomic E-state index is 12.9. The third-order valence-electron chi connectivity index (χ3n) is 4.74. The van der Waals surface area contributed by atoms with Gasteiger partial charge in [0.15, 0.2) is 0 Å². The first-order chi connectivity index (χ1) is 13.6. The van der Waals surface area contributed by atoms with Crippen molar-refractivity contribution >= 4 is 11.7 Å². The molecule has 3 rings (SSSR count). The Hall–Kier alpha value is -3.27.